The van der Waals surface area contributed by atoms with Gasteiger partial charge in [0.15, 0.2) is 0 Å². The molecule has 20 heavy (non-hydrogen) atoms. The SMILES string of the molecule is O=C(O)c1c(-c2cccs2)c(=O)[nH]c2ccc(Br)cc12. The van der Waals surface area contributed by atoms with E-state index in [0.717, 1.165) is 4.47 Å². The second-order valence-electron chi connectivity index (χ2n) is 4.18. The highest BCUT2D eigenvalue weighted by Crippen LogP contribution is 2.30. The summed E-state index contributed by atoms with van der Waals surface area (Å²) in [6.45, 7) is 0. The monoisotopic (exact) mass is 349 g/mol. The summed E-state index contributed by atoms with van der Waals surface area (Å²) in [5, 5.41) is 11.8. The number of aromatic carboxylic acids is 1. The van der Waals surface area contributed by atoms with Crippen molar-refractivity contribution in [2.45, 2.75) is 0 Å². The van der Waals surface area contributed by atoms with Crippen LogP contribution in [0.1, 0.15) is 10.4 Å². The quantitative estimate of drug-likeness (QED) is 0.740. The second-order valence-corrected chi connectivity index (χ2v) is 6.04. The lowest BCUT2D eigenvalue weighted by atomic mass is 10.0. The van der Waals surface area contributed by atoms with Crippen LogP contribution in [0.4, 0.5) is 0 Å². The summed E-state index contributed by atoms with van der Waals surface area (Å²) in [7, 11) is 0. The summed E-state index contributed by atoms with van der Waals surface area (Å²) in [5.41, 5.74) is 0.362. The van der Waals surface area contributed by atoms with E-state index in [1.807, 2.05) is 5.38 Å². The topological polar surface area (TPSA) is 70.2 Å². The number of rotatable bonds is 2. The number of thiophene rings is 1. The summed E-state index contributed by atoms with van der Waals surface area (Å²) >= 11 is 4.66. The summed E-state index contributed by atoms with van der Waals surface area (Å²) in [6, 6.07) is 8.67. The van der Waals surface area contributed by atoms with Gasteiger partial charge in [-0.2, -0.15) is 0 Å². The Labute approximate surface area is 125 Å². The number of carbonyl (C=O) groups is 1. The van der Waals surface area contributed by atoms with E-state index in [2.05, 4.69) is 20.9 Å². The lowest BCUT2D eigenvalue weighted by Crippen LogP contribution is -2.15. The van der Waals surface area contributed by atoms with Crippen molar-refractivity contribution in [1.82, 2.24) is 4.98 Å². The predicted octanol–water partition coefficient (Wildman–Crippen LogP) is 3.72. The Kier molecular flexibility index (Phi) is 3.19. The Morgan fingerprint density at radius 1 is 1.30 bits per heavy atom. The molecule has 0 atom stereocenters. The van der Waals surface area contributed by atoms with Gasteiger partial charge in [0.2, 0.25) is 0 Å². The molecule has 0 fully saturated rings. The van der Waals surface area contributed by atoms with Crippen molar-refractivity contribution >= 4 is 44.1 Å². The first-order chi connectivity index (χ1) is 9.58. The molecule has 0 aliphatic rings. The number of benzene rings is 1. The first-order valence-corrected chi connectivity index (χ1v) is 7.38. The molecule has 0 amide bonds. The minimum absolute atomic E-state index is 0.0347. The minimum Gasteiger partial charge on any atom is -0.478 e. The highest BCUT2D eigenvalue weighted by molar-refractivity contribution is 9.10. The molecule has 4 nitrogen and oxygen atoms in total. The van der Waals surface area contributed by atoms with Gasteiger partial charge in [-0.05, 0) is 29.6 Å². The third-order valence-corrected chi connectivity index (χ3v) is 4.34. The molecule has 2 heterocycles. The normalized spacial score (nSPS) is 10.8. The number of pyridine rings is 1. The molecular weight excluding hydrogens is 342 g/mol. The lowest BCUT2D eigenvalue weighted by Gasteiger charge is -2.08. The molecule has 1 aromatic carbocycles. The maximum atomic E-state index is 12.2. The fraction of sp³-hybridized carbons (Fsp3) is 0. The van der Waals surface area contributed by atoms with E-state index in [1.165, 1.54) is 11.3 Å². The van der Waals surface area contributed by atoms with Crippen LogP contribution in [0.2, 0.25) is 0 Å². The largest absolute Gasteiger partial charge is 0.478 e. The minimum atomic E-state index is -1.11. The number of nitrogens with one attached hydrogen (secondary N) is 1. The molecule has 3 rings (SSSR count). The molecular formula is C14H8BrNO3S. The van der Waals surface area contributed by atoms with Crippen LogP contribution in [0.15, 0.2) is 45.0 Å². The van der Waals surface area contributed by atoms with Crippen LogP contribution in [0.5, 0.6) is 0 Å². The number of H-pyrrole nitrogens is 1. The molecule has 2 N–H and O–H groups in total. The summed E-state index contributed by atoms with van der Waals surface area (Å²) < 4.78 is 0.761. The van der Waals surface area contributed by atoms with Gasteiger partial charge in [0.1, 0.15) is 0 Å². The number of halogens is 1. The molecule has 0 saturated carbocycles. The Hall–Kier alpha value is -1.92. The van der Waals surface area contributed by atoms with Gasteiger partial charge in [0, 0.05) is 20.3 Å². The van der Waals surface area contributed by atoms with Gasteiger partial charge in [-0.3, -0.25) is 4.79 Å². The highest BCUT2D eigenvalue weighted by Gasteiger charge is 2.20. The Morgan fingerprint density at radius 3 is 2.75 bits per heavy atom. The zero-order valence-electron chi connectivity index (χ0n) is 10.0. The van der Waals surface area contributed by atoms with Crippen molar-refractivity contribution in [3.8, 4) is 10.4 Å². The van der Waals surface area contributed by atoms with E-state index in [4.69, 9.17) is 0 Å². The maximum Gasteiger partial charge on any atom is 0.337 e. The van der Waals surface area contributed by atoms with Gasteiger partial charge in [-0.1, -0.05) is 22.0 Å². The van der Waals surface area contributed by atoms with Gasteiger partial charge in [0.25, 0.3) is 5.56 Å². The molecule has 100 valence electrons. The van der Waals surface area contributed by atoms with Gasteiger partial charge >= 0.3 is 5.97 Å². The van der Waals surface area contributed by atoms with Crippen LogP contribution in [0.25, 0.3) is 21.3 Å². The van der Waals surface area contributed by atoms with Crippen LogP contribution in [0.3, 0.4) is 0 Å². The zero-order valence-corrected chi connectivity index (χ0v) is 12.4. The zero-order chi connectivity index (χ0) is 14.3. The van der Waals surface area contributed by atoms with Crippen LogP contribution >= 0.6 is 27.3 Å². The third kappa shape index (κ3) is 2.07. The average molecular weight is 350 g/mol. The molecule has 0 aliphatic heterocycles. The summed E-state index contributed by atoms with van der Waals surface area (Å²) in [5.74, 6) is -1.11. The van der Waals surface area contributed by atoms with E-state index >= 15 is 0 Å². The molecule has 0 spiro atoms. The Bertz CT molecular complexity index is 868. The van der Waals surface area contributed by atoms with Crippen molar-refractivity contribution in [3.63, 3.8) is 0 Å². The highest BCUT2D eigenvalue weighted by atomic mass is 79.9. The molecule has 0 unspecified atom stereocenters. The molecule has 0 aliphatic carbocycles. The number of aromatic nitrogens is 1. The van der Waals surface area contributed by atoms with Crippen molar-refractivity contribution in [2.24, 2.45) is 0 Å². The van der Waals surface area contributed by atoms with E-state index < -0.39 is 5.97 Å². The number of hydrogen-bond donors (Lipinski definition) is 2. The van der Waals surface area contributed by atoms with Gasteiger partial charge in [-0.25, -0.2) is 4.79 Å². The Morgan fingerprint density at radius 2 is 2.10 bits per heavy atom. The molecule has 0 radical (unpaired) electrons. The predicted molar refractivity (Wildman–Crippen MR) is 82.5 cm³/mol. The standard InChI is InChI=1S/C14H8BrNO3S/c15-7-3-4-9-8(6-7)11(14(18)19)12(13(17)16-9)10-2-1-5-20-10/h1-6H,(H,16,17)(H,18,19). The van der Waals surface area contributed by atoms with Crippen LogP contribution in [-0.2, 0) is 0 Å². The van der Waals surface area contributed by atoms with E-state index in [9.17, 15) is 14.7 Å². The summed E-state index contributed by atoms with van der Waals surface area (Å²) in [6.07, 6.45) is 0. The third-order valence-electron chi connectivity index (χ3n) is 2.96. The number of carboxylic acid groups (broad SMARTS) is 1. The molecule has 2 aromatic heterocycles. The van der Waals surface area contributed by atoms with Gasteiger partial charge in [0.05, 0.1) is 11.1 Å². The molecule has 3 aromatic rings. The molecule has 6 heteroatoms. The van der Waals surface area contributed by atoms with E-state index in [-0.39, 0.29) is 16.7 Å². The maximum absolute atomic E-state index is 12.2. The van der Waals surface area contributed by atoms with Crippen LogP contribution < -0.4 is 5.56 Å². The van der Waals surface area contributed by atoms with Crippen molar-refractivity contribution in [2.75, 3.05) is 0 Å². The molecule has 0 saturated heterocycles. The van der Waals surface area contributed by atoms with E-state index in [0.29, 0.717) is 15.8 Å². The average Bonchev–Trinajstić information content (AvgIpc) is 2.91. The number of hydrogen-bond acceptors (Lipinski definition) is 3. The van der Waals surface area contributed by atoms with Crippen LogP contribution in [0, 0.1) is 0 Å². The van der Waals surface area contributed by atoms with Crippen LogP contribution in [-0.4, -0.2) is 16.1 Å². The number of carboxylic acids is 1. The van der Waals surface area contributed by atoms with Gasteiger partial charge in [-0.15, -0.1) is 11.3 Å². The number of aromatic amines is 1. The smallest absolute Gasteiger partial charge is 0.337 e. The fourth-order valence-corrected chi connectivity index (χ4v) is 3.28. The van der Waals surface area contributed by atoms with Crippen molar-refractivity contribution in [3.05, 3.63) is 56.1 Å². The fourth-order valence-electron chi connectivity index (χ4n) is 2.14. The van der Waals surface area contributed by atoms with Gasteiger partial charge < -0.3 is 10.1 Å². The van der Waals surface area contributed by atoms with Crippen molar-refractivity contribution in [1.29, 1.82) is 0 Å². The lowest BCUT2D eigenvalue weighted by molar-refractivity contribution is 0.0699. The number of fused-ring (bicyclic) bond motifs is 1. The second kappa shape index (κ2) is 4.88. The molecule has 0 bridgehead atoms. The van der Waals surface area contributed by atoms with Crippen molar-refractivity contribution < 1.29 is 9.90 Å². The summed E-state index contributed by atoms with van der Waals surface area (Å²) in [4.78, 5) is 27.2. The first-order valence-electron chi connectivity index (χ1n) is 5.70. The van der Waals surface area contributed by atoms with E-state index in [1.54, 1.807) is 30.3 Å². The first kappa shape index (κ1) is 13.1. The Balaban J connectivity index is 2.51.